The number of hydrogen-bond acceptors (Lipinski definition) is 2. The van der Waals surface area contributed by atoms with Gasteiger partial charge in [0.05, 0.1) is 0 Å². The molecule has 2 aromatic rings. The summed E-state index contributed by atoms with van der Waals surface area (Å²) in [7, 11) is 0. The van der Waals surface area contributed by atoms with Gasteiger partial charge >= 0.3 is 6.03 Å². The van der Waals surface area contributed by atoms with Crippen molar-refractivity contribution in [1.82, 2.24) is 10.3 Å². The van der Waals surface area contributed by atoms with Crippen LogP contribution in [-0.2, 0) is 6.42 Å². The zero-order valence-electron chi connectivity index (χ0n) is 15.5. The average molecular weight is 327 g/mol. The minimum absolute atomic E-state index is 0.0288. The first-order chi connectivity index (χ1) is 11.4. The Bertz CT molecular complexity index is 694. The molecule has 1 aromatic heterocycles. The highest BCUT2D eigenvalue weighted by Crippen LogP contribution is 2.28. The van der Waals surface area contributed by atoms with E-state index in [1.54, 1.807) is 4.90 Å². The molecule has 0 saturated carbocycles. The molecule has 0 aliphatic carbocycles. The van der Waals surface area contributed by atoms with Crippen molar-refractivity contribution >= 4 is 22.6 Å². The van der Waals surface area contributed by atoms with E-state index in [1.165, 1.54) is 0 Å². The van der Waals surface area contributed by atoms with Gasteiger partial charge in [-0.2, -0.15) is 0 Å². The van der Waals surface area contributed by atoms with Gasteiger partial charge in [0, 0.05) is 23.2 Å². The number of rotatable bonds is 6. The first kappa shape index (κ1) is 18.2. The number of anilines is 1. The second kappa shape index (κ2) is 8.13. The summed E-state index contributed by atoms with van der Waals surface area (Å²) < 4.78 is 0. The predicted molar refractivity (Wildman–Crippen MR) is 102 cm³/mol. The summed E-state index contributed by atoms with van der Waals surface area (Å²) in [6.45, 7) is 10.2. The average Bonchev–Trinajstić information content (AvgIpc) is 2.52. The monoisotopic (exact) mass is 327 g/mol. The second-order valence-corrected chi connectivity index (χ2v) is 6.83. The van der Waals surface area contributed by atoms with Crippen LogP contribution >= 0.6 is 0 Å². The lowest BCUT2D eigenvalue weighted by Crippen LogP contribution is -2.47. The zero-order chi connectivity index (χ0) is 17.7. The van der Waals surface area contributed by atoms with Crippen molar-refractivity contribution in [3.05, 3.63) is 36.0 Å². The number of aromatic nitrogens is 1. The molecule has 0 radical (unpaired) electrons. The summed E-state index contributed by atoms with van der Waals surface area (Å²) in [6, 6.07) is 10.3. The van der Waals surface area contributed by atoms with Gasteiger partial charge in [-0.1, -0.05) is 37.6 Å². The number of urea groups is 1. The number of amides is 2. The van der Waals surface area contributed by atoms with Crippen LogP contribution in [0.15, 0.2) is 30.3 Å². The Kier molecular flexibility index (Phi) is 6.18. The highest BCUT2D eigenvalue weighted by atomic mass is 16.2. The number of unbranched alkanes of at least 4 members (excludes halogenated alkanes) is 1. The third-order valence-corrected chi connectivity index (χ3v) is 3.94. The topological polar surface area (TPSA) is 45.2 Å². The Morgan fingerprint density at radius 3 is 2.54 bits per heavy atom. The number of carbonyl (C=O) groups is 1. The van der Waals surface area contributed by atoms with E-state index in [-0.39, 0.29) is 18.1 Å². The smallest absolute Gasteiger partial charge is 0.323 e. The molecule has 0 aliphatic heterocycles. The Morgan fingerprint density at radius 2 is 1.92 bits per heavy atom. The number of nitrogens with zero attached hydrogens (tertiary/aromatic N) is 2. The van der Waals surface area contributed by atoms with Crippen molar-refractivity contribution in [3.63, 3.8) is 0 Å². The zero-order valence-corrected chi connectivity index (χ0v) is 15.5. The molecule has 0 aliphatic rings. The van der Waals surface area contributed by atoms with Gasteiger partial charge < -0.3 is 5.32 Å². The highest BCUT2D eigenvalue weighted by Gasteiger charge is 2.23. The molecule has 130 valence electrons. The quantitative estimate of drug-likeness (QED) is 0.819. The molecular formula is C20H29N3O. The Morgan fingerprint density at radius 1 is 1.21 bits per heavy atom. The lowest BCUT2D eigenvalue weighted by Gasteiger charge is -2.28. The number of hydrogen-bond donors (Lipinski definition) is 1. The summed E-state index contributed by atoms with van der Waals surface area (Å²) in [6.07, 6.45) is 3.17. The molecule has 24 heavy (non-hydrogen) atoms. The molecule has 1 heterocycles. The normalized spacial score (nSPS) is 11.3. The molecule has 0 fully saturated rings. The van der Waals surface area contributed by atoms with Crippen LogP contribution in [0.3, 0.4) is 0 Å². The molecule has 1 N–H and O–H groups in total. The lowest BCUT2D eigenvalue weighted by molar-refractivity contribution is 0.242. The largest absolute Gasteiger partial charge is 0.335 e. The molecule has 0 unspecified atom stereocenters. The fraction of sp³-hybridized carbons (Fsp3) is 0.500. The van der Waals surface area contributed by atoms with Crippen molar-refractivity contribution in [2.24, 2.45) is 0 Å². The van der Waals surface area contributed by atoms with Gasteiger partial charge in [0.25, 0.3) is 0 Å². The van der Waals surface area contributed by atoms with E-state index >= 15 is 0 Å². The van der Waals surface area contributed by atoms with Crippen molar-refractivity contribution in [3.8, 4) is 0 Å². The molecule has 2 amide bonds. The van der Waals surface area contributed by atoms with Gasteiger partial charge in [0.1, 0.15) is 5.82 Å². The molecule has 0 spiro atoms. The van der Waals surface area contributed by atoms with Crippen LogP contribution in [0.1, 0.15) is 53.2 Å². The maximum atomic E-state index is 12.7. The lowest BCUT2D eigenvalue weighted by atomic mass is 10.1. The molecular weight excluding hydrogens is 298 g/mol. The summed E-state index contributed by atoms with van der Waals surface area (Å²) in [5.41, 5.74) is 1.05. The van der Waals surface area contributed by atoms with Crippen LogP contribution in [0.25, 0.3) is 10.8 Å². The molecule has 1 aromatic carbocycles. The van der Waals surface area contributed by atoms with Crippen LogP contribution < -0.4 is 10.2 Å². The van der Waals surface area contributed by atoms with Crippen molar-refractivity contribution < 1.29 is 4.79 Å². The minimum Gasteiger partial charge on any atom is -0.335 e. The van der Waals surface area contributed by atoms with E-state index < -0.39 is 0 Å². The number of carbonyl (C=O) groups excluding carboxylic acids is 1. The van der Waals surface area contributed by atoms with E-state index in [9.17, 15) is 4.79 Å². The van der Waals surface area contributed by atoms with Gasteiger partial charge in [0.15, 0.2) is 0 Å². The van der Waals surface area contributed by atoms with E-state index in [1.807, 2.05) is 45.9 Å². The number of fused-ring (bicyclic) bond motifs is 1. The summed E-state index contributed by atoms with van der Waals surface area (Å²) >= 11 is 0. The SMILES string of the molecule is CCCCc1cc2ccccc2c(N(C(=O)NC(C)C)C(C)C)n1. The van der Waals surface area contributed by atoms with Crippen LogP contribution in [0.2, 0.25) is 0 Å². The second-order valence-electron chi connectivity index (χ2n) is 6.83. The fourth-order valence-electron chi connectivity index (χ4n) is 2.80. The van der Waals surface area contributed by atoms with Gasteiger partial charge in [-0.3, -0.25) is 4.90 Å². The fourth-order valence-corrected chi connectivity index (χ4v) is 2.80. The summed E-state index contributed by atoms with van der Waals surface area (Å²) in [4.78, 5) is 19.4. The van der Waals surface area contributed by atoms with Gasteiger partial charge in [-0.05, 0) is 52.0 Å². The van der Waals surface area contributed by atoms with Crippen LogP contribution in [-0.4, -0.2) is 23.1 Å². The first-order valence-electron chi connectivity index (χ1n) is 8.92. The summed E-state index contributed by atoms with van der Waals surface area (Å²) in [5.74, 6) is 0.757. The van der Waals surface area contributed by atoms with Crippen molar-refractivity contribution in [2.75, 3.05) is 4.90 Å². The number of benzene rings is 1. The number of pyridine rings is 1. The molecule has 0 bridgehead atoms. The Labute approximate surface area is 145 Å². The maximum absolute atomic E-state index is 12.7. The Balaban J connectivity index is 2.55. The standard InChI is InChI=1S/C20H29N3O/c1-6-7-11-17-13-16-10-8-9-12-18(16)19(22-17)23(15(4)5)20(24)21-14(2)3/h8-10,12-15H,6-7,11H2,1-5H3,(H,21,24). The number of aryl methyl sites for hydroxylation is 1. The molecule has 0 saturated heterocycles. The maximum Gasteiger partial charge on any atom is 0.323 e. The van der Waals surface area contributed by atoms with E-state index in [0.717, 1.165) is 41.5 Å². The Hall–Kier alpha value is -2.10. The van der Waals surface area contributed by atoms with Gasteiger partial charge in [-0.15, -0.1) is 0 Å². The minimum atomic E-state index is -0.0923. The first-order valence-corrected chi connectivity index (χ1v) is 8.92. The molecule has 4 nitrogen and oxygen atoms in total. The van der Waals surface area contributed by atoms with Crippen LogP contribution in [0.5, 0.6) is 0 Å². The van der Waals surface area contributed by atoms with E-state index in [2.05, 4.69) is 24.4 Å². The highest BCUT2D eigenvalue weighted by molar-refractivity contribution is 6.02. The van der Waals surface area contributed by atoms with Gasteiger partial charge in [0.2, 0.25) is 0 Å². The van der Waals surface area contributed by atoms with Gasteiger partial charge in [-0.25, -0.2) is 9.78 Å². The molecule has 0 atom stereocenters. The van der Waals surface area contributed by atoms with Crippen LogP contribution in [0, 0.1) is 0 Å². The third kappa shape index (κ3) is 4.25. The summed E-state index contributed by atoms with van der Waals surface area (Å²) in [5, 5.41) is 5.15. The van der Waals surface area contributed by atoms with Crippen molar-refractivity contribution in [2.45, 2.75) is 66.0 Å². The number of nitrogens with one attached hydrogen (secondary N) is 1. The molecule has 2 rings (SSSR count). The van der Waals surface area contributed by atoms with E-state index in [0.29, 0.717) is 0 Å². The van der Waals surface area contributed by atoms with Crippen LogP contribution in [0.4, 0.5) is 10.6 Å². The predicted octanol–water partition coefficient (Wildman–Crippen LogP) is 4.91. The van der Waals surface area contributed by atoms with E-state index in [4.69, 9.17) is 4.98 Å². The third-order valence-electron chi connectivity index (χ3n) is 3.94. The molecule has 4 heteroatoms. The van der Waals surface area contributed by atoms with Crippen molar-refractivity contribution in [1.29, 1.82) is 0 Å².